The summed E-state index contributed by atoms with van der Waals surface area (Å²) in [5.74, 6) is -0.480. The molecule has 9 nitrogen and oxygen atoms in total. The summed E-state index contributed by atoms with van der Waals surface area (Å²) in [4.78, 5) is 39.5. The van der Waals surface area contributed by atoms with E-state index in [2.05, 4.69) is 16.0 Å². The van der Waals surface area contributed by atoms with E-state index in [4.69, 9.17) is 10.5 Å². The number of benzene rings is 3. The van der Waals surface area contributed by atoms with Gasteiger partial charge in [-0.15, -0.1) is 0 Å². The van der Waals surface area contributed by atoms with Gasteiger partial charge in [-0.05, 0) is 67.6 Å². The maximum absolute atomic E-state index is 13.8. The second-order valence-corrected chi connectivity index (χ2v) is 11.0. The zero-order valence-corrected chi connectivity index (χ0v) is 24.0. The van der Waals surface area contributed by atoms with Crippen molar-refractivity contribution in [3.63, 3.8) is 0 Å². The van der Waals surface area contributed by atoms with Crippen molar-refractivity contribution in [2.45, 2.75) is 51.0 Å². The number of hydrogen-bond donors (Lipinski definition) is 4. The number of alkyl halides is 3. The largest absolute Gasteiger partial charge is 0.448 e. The number of nitrogens with one attached hydrogen (secondary N) is 3. The van der Waals surface area contributed by atoms with Crippen LogP contribution in [0.25, 0.3) is 11.1 Å². The summed E-state index contributed by atoms with van der Waals surface area (Å²) in [6, 6.07) is 16.4. The molecule has 12 heteroatoms. The number of nitrogens with zero attached hydrogens (tertiary/aromatic N) is 1. The molecular weight excluding hydrogens is 563 g/mol. The van der Waals surface area contributed by atoms with Crippen molar-refractivity contribution in [2.24, 2.45) is 5.73 Å². The third-order valence-electron chi connectivity index (χ3n) is 6.84. The summed E-state index contributed by atoms with van der Waals surface area (Å²) in [6.07, 6.45) is -5.18. The third-order valence-corrected chi connectivity index (χ3v) is 6.84. The number of carbonyl (C=O) groups excluding carboxylic acids is 3. The van der Waals surface area contributed by atoms with E-state index >= 15 is 0 Å². The highest BCUT2D eigenvalue weighted by molar-refractivity contribution is 6.00. The van der Waals surface area contributed by atoms with Crippen LogP contribution in [0.1, 0.15) is 37.0 Å². The molecule has 5 N–H and O–H groups in total. The van der Waals surface area contributed by atoms with E-state index in [0.29, 0.717) is 22.5 Å². The number of nitrogens with two attached hydrogens (primary N) is 1. The number of amides is 4. The number of carbonyl (C=O) groups is 3. The predicted octanol–water partition coefficient (Wildman–Crippen LogP) is 5.44. The van der Waals surface area contributed by atoms with Crippen LogP contribution in [0.3, 0.4) is 0 Å². The lowest BCUT2D eigenvalue weighted by Crippen LogP contribution is -2.49. The summed E-state index contributed by atoms with van der Waals surface area (Å²) in [5, 5.41) is 7.86. The van der Waals surface area contributed by atoms with E-state index in [1.807, 2.05) is 24.3 Å². The van der Waals surface area contributed by atoms with Crippen molar-refractivity contribution in [1.29, 1.82) is 0 Å². The molecule has 1 aliphatic rings. The van der Waals surface area contributed by atoms with Gasteiger partial charge in [-0.2, -0.15) is 13.2 Å². The molecule has 1 heterocycles. The Hall–Kier alpha value is -4.58. The van der Waals surface area contributed by atoms with Gasteiger partial charge in [0.05, 0.1) is 17.8 Å². The van der Waals surface area contributed by atoms with Gasteiger partial charge >= 0.3 is 18.3 Å². The number of fused-ring (bicyclic) bond motifs is 1. The molecule has 0 saturated carbocycles. The van der Waals surface area contributed by atoms with Gasteiger partial charge in [-0.3, -0.25) is 4.79 Å². The highest BCUT2D eigenvalue weighted by atomic mass is 19.4. The van der Waals surface area contributed by atoms with Gasteiger partial charge < -0.3 is 31.3 Å². The lowest BCUT2D eigenvalue weighted by Gasteiger charge is -2.27. The van der Waals surface area contributed by atoms with Gasteiger partial charge in [0.1, 0.15) is 12.6 Å². The van der Waals surface area contributed by atoms with E-state index < -0.39 is 35.3 Å². The number of anilines is 2. The average molecular weight is 598 g/mol. The second-order valence-electron chi connectivity index (χ2n) is 11.0. The highest BCUT2D eigenvalue weighted by Gasteiger charge is 2.35. The van der Waals surface area contributed by atoms with E-state index in [9.17, 15) is 27.6 Å². The molecule has 3 aromatic carbocycles. The lowest BCUT2D eigenvalue weighted by atomic mass is 10.0. The Bertz CT molecular complexity index is 1490. The Morgan fingerprint density at radius 1 is 1.05 bits per heavy atom. The van der Waals surface area contributed by atoms with Crippen LogP contribution in [-0.4, -0.2) is 43.3 Å². The van der Waals surface area contributed by atoms with E-state index in [1.165, 1.54) is 18.0 Å². The summed E-state index contributed by atoms with van der Waals surface area (Å²) < 4.78 is 45.7. The average Bonchev–Trinajstić information content (AvgIpc) is 3.08. The Balaban J connectivity index is 1.62. The second kappa shape index (κ2) is 12.7. The normalized spacial score (nSPS) is 15.3. The van der Waals surface area contributed by atoms with Crippen LogP contribution >= 0.6 is 0 Å². The molecule has 1 aliphatic heterocycles. The number of para-hydroxylation sites is 1. The van der Waals surface area contributed by atoms with Gasteiger partial charge in [0.25, 0.3) is 0 Å². The van der Waals surface area contributed by atoms with Gasteiger partial charge in [-0.1, -0.05) is 42.5 Å². The number of hydrogen-bond acceptors (Lipinski definition) is 5. The third kappa shape index (κ3) is 8.04. The first-order valence-electron chi connectivity index (χ1n) is 13.7. The molecule has 0 fully saturated rings. The number of aryl methyl sites for hydroxylation is 1. The number of urea groups is 1. The first-order valence-corrected chi connectivity index (χ1v) is 13.7. The van der Waals surface area contributed by atoms with E-state index in [-0.39, 0.29) is 32.0 Å². The van der Waals surface area contributed by atoms with Crippen LogP contribution in [0.2, 0.25) is 0 Å². The van der Waals surface area contributed by atoms with Crippen LogP contribution in [0.15, 0.2) is 66.7 Å². The predicted molar refractivity (Wildman–Crippen MR) is 157 cm³/mol. The smallest absolute Gasteiger partial charge is 0.416 e. The molecule has 0 saturated heterocycles. The zero-order chi connectivity index (χ0) is 31.4. The van der Waals surface area contributed by atoms with Crippen LogP contribution in [-0.2, 0) is 28.7 Å². The van der Waals surface area contributed by atoms with Crippen molar-refractivity contribution >= 4 is 29.4 Å². The Labute approximate surface area is 247 Å². The minimum absolute atomic E-state index is 0.0404. The summed E-state index contributed by atoms with van der Waals surface area (Å²) >= 11 is 0. The molecule has 0 bridgehead atoms. The van der Waals surface area contributed by atoms with E-state index in [1.54, 1.807) is 38.1 Å². The summed E-state index contributed by atoms with van der Waals surface area (Å²) in [6.45, 7) is 3.30. The lowest BCUT2D eigenvalue weighted by molar-refractivity contribution is -0.137. The number of ether oxygens (including phenoxy) is 1. The fraction of sp³-hybridized carbons (Fsp3) is 0.323. The Kier molecular flexibility index (Phi) is 9.29. The van der Waals surface area contributed by atoms with Crippen molar-refractivity contribution in [3.8, 4) is 11.1 Å². The maximum atomic E-state index is 13.8. The van der Waals surface area contributed by atoms with Crippen molar-refractivity contribution < 1.29 is 32.3 Å². The van der Waals surface area contributed by atoms with Crippen LogP contribution in [0.4, 0.5) is 34.1 Å². The van der Waals surface area contributed by atoms with Gasteiger partial charge in [0.15, 0.2) is 0 Å². The van der Waals surface area contributed by atoms with Crippen molar-refractivity contribution in [1.82, 2.24) is 10.6 Å². The fourth-order valence-electron chi connectivity index (χ4n) is 4.69. The minimum atomic E-state index is -4.55. The van der Waals surface area contributed by atoms with Gasteiger partial charge in [0.2, 0.25) is 5.91 Å². The molecule has 0 radical (unpaired) electrons. The molecule has 43 heavy (non-hydrogen) atoms. The molecule has 1 atom stereocenters. The molecule has 4 amide bonds. The topological polar surface area (TPSA) is 126 Å². The SMILES string of the molecule is CNC(=O)Nc1ccccc1-c1ccc(CN2C(=O)[C@H](NC(=O)OCC(C)(C)N)CCc3cc(C(F)(F)F)ccc32)cc1. The molecular formula is C31H34F3N5O4. The van der Waals surface area contributed by atoms with Crippen molar-refractivity contribution in [3.05, 3.63) is 83.4 Å². The summed E-state index contributed by atoms with van der Waals surface area (Å²) in [7, 11) is 1.52. The monoisotopic (exact) mass is 597 g/mol. The molecule has 228 valence electrons. The molecule has 3 aromatic rings. The molecule has 0 aromatic heterocycles. The fourth-order valence-corrected chi connectivity index (χ4v) is 4.69. The summed E-state index contributed by atoms with van der Waals surface area (Å²) in [5.41, 5.74) is 7.83. The number of rotatable bonds is 7. The quantitative estimate of drug-likeness (QED) is 0.289. The maximum Gasteiger partial charge on any atom is 0.416 e. The Morgan fingerprint density at radius 3 is 2.40 bits per heavy atom. The van der Waals surface area contributed by atoms with Gasteiger partial charge in [-0.25, -0.2) is 9.59 Å². The highest BCUT2D eigenvalue weighted by Crippen LogP contribution is 2.36. The molecule has 0 aliphatic carbocycles. The number of halogens is 3. The van der Waals surface area contributed by atoms with E-state index in [0.717, 1.165) is 23.3 Å². The molecule has 0 unspecified atom stereocenters. The minimum Gasteiger partial charge on any atom is -0.448 e. The number of alkyl carbamates (subject to hydrolysis) is 1. The molecule has 0 spiro atoms. The first kappa shape index (κ1) is 31.4. The first-order chi connectivity index (χ1) is 20.2. The van der Waals surface area contributed by atoms with Crippen LogP contribution in [0.5, 0.6) is 0 Å². The standard InChI is InChI=1S/C31H34F3N5O4/c1-30(2,35)18-43-29(42)38-25-14-12-21-16-22(31(32,33)34)13-15-26(21)39(27(25)40)17-19-8-10-20(11-9-19)23-6-4-5-7-24(23)37-28(41)36-3/h4-11,13,15-16,25H,12,14,17-18,35H2,1-3H3,(H,38,42)(H2,36,37,41)/t25-/m1/s1. The van der Waals surface area contributed by atoms with Crippen molar-refractivity contribution in [2.75, 3.05) is 23.9 Å². The Morgan fingerprint density at radius 2 is 1.74 bits per heavy atom. The van der Waals surface area contributed by atoms with Crippen LogP contribution in [0, 0.1) is 0 Å². The molecule has 4 rings (SSSR count). The zero-order valence-electron chi connectivity index (χ0n) is 24.0. The van der Waals surface area contributed by atoms with Crippen LogP contribution < -0.4 is 26.6 Å². The van der Waals surface area contributed by atoms with Gasteiger partial charge in [0, 0.05) is 23.8 Å².